The molecule has 1 aliphatic rings. The van der Waals surface area contributed by atoms with Crippen LogP contribution in [-0.4, -0.2) is 65.8 Å². The summed E-state index contributed by atoms with van der Waals surface area (Å²) in [5.74, 6) is -0.245. The number of carbonyl (C=O) groups is 2. The Morgan fingerprint density at radius 1 is 0.909 bits per heavy atom. The number of piperidine rings is 1. The summed E-state index contributed by atoms with van der Waals surface area (Å²) in [6.45, 7) is 0.728. The molecular weight excluding hydrogens is 448 g/mol. The van der Waals surface area contributed by atoms with Gasteiger partial charge < -0.3 is 19.1 Å². The minimum Gasteiger partial charge on any atom is -0.497 e. The molecule has 1 atom stereocenters. The number of sulfonamides is 1. The first-order valence-electron chi connectivity index (χ1n) is 10.5. The van der Waals surface area contributed by atoms with Gasteiger partial charge in [0.15, 0.2) is 0 Å². The number of benzene rings is 2. The third kappa shape index (κ3) is 5.82. The van der Waals surface area contributed by atoms with Crippen molar-refractivity contribution in [1.82, 2.24) is 9.62 Å². The highest BCUT2D eigenvalue weighted by molar-refractivity contribution is 7.89. The molecule has 1 fully saturated rings. The van der Waals surface area contributed by atoms with E-state index in [-0.39, 0.29) is 10.8 Å². The number of esters is 1. The first-order chi connectivity index (χ1) is 15.8. The molecule has 1 heterocycles. The van der Waals surface area contributed by atoms with Crippen LogP contribution in [0.5, 0.6) is 5.75 Å². The summed E-state index contributed by atoms with van der Waals surface area (Å²) in [6.07, 6.45) is 0.433. The van der Waals surface area contributed by atoms with E-state index in [1.807, 2.05) is 24.3 Å². The van der Waals surface area contributed by atoms with Crippen molar-refractivity contribution in [2.24, 2.45) is 5.92 Å². The number of rotatable bonds is 7. The molecule has 10 heteroatoms. The molecule has 0 radical (unpaired) electrons. The minimum absolute atomic E-state index is 0.0423. The molecule has 1 aliphatic heterocycles. The van der Waals surface area contributed by atoms with Crippen molar-refractivity contribution in [3.63, 3.8) is 0 Å². The molecule has 1 saturated heterocycles. The van der Waals surface area contributed by atoms with Gasteiger partial charge in [-0.25, -0.2) is 13.2 Å². The number of ether oxygens (including phenoxy) is 3. The number of hydrogen-bond donors (Lipinski definition) is 1. The Morgan fingerprint density at radius 2 is 1.45 bits per heavy atom. The van der Waals surface area contributed by atoms with Crippen molar-refractivity contribution in [1.29, 1.82) is 0 Å². The monoisotopic (exact) mass is 476 g/mol. The predicted molar refractivity (Wildman–Crippen MR) is 121 cm³/mol. The lowest BCUT2D eigenvalue weighted by molar-refractivity contribution is -0.144. The Hall–Kier alpha value is -3.11. The molecular formula is C23H28N2O7S. The second kappa shape index (κ2) is 10.7. The Morgan fingerprint density at radius 3 is 1.94 bits per heavy atom. The predicted octanol–water partition coefficient (Wildman–Crippen LogP) is 2.66. The lowest BCUT2D eigenvalue weighted by Gasteiger charge is -2.34. The quantitative estimate of drug-likeness (QED) is 0.612. The van der Waals surface area contributed by atoms with Crippen molar-refractivity contribution in [2.45, 2.75) is 23.8 Å². The molecule has 3 rings (SSSR count). The minimum atomic E-state index is -3.98. The molecule has 178 valence electrons. The summed E-state index contributed by atoms with van der Waals surface area (Å²) in [4.78, 5) is 25.7. The van der Waals surface area contributed by atoms with Crippen LogP contribution >= 0.6 is 0 Å². The summed E-state index contributed by atoms with van der Waals surface area (Å²) in [5, 5.41) is 0. The third-order valence-corrected chi connectivity index (χ3v) is 7.23. The topological polar surface area (TPSA) is 111 Å². The van der Waals surface area contributed by atoms with Gasteiger partial charge in [-0.15, -0.1) is 0 Å². The van der Waals surface area contributed by atoms with Gasteiger partial charge >= 0.3 is 12.1 Å². The molecule has 0 saturated carbocycles. The van der Waals surface area contributed by atoms with Crippen LogP contribution in [0.15, 0.2) is 53.4 Å². The first-order valence-corrected chi connectivity index (χ1v) is 11.9. The van der Waals surface area contributed by atoms with Crippen molar-refractivity contribution in [3.8, 4) is 16.9 Å². The van der Waals surface area contributed by atoms with Crippen LogP contribution in [0.2, 0.25) is 0 Å². The second-order valence-electron chi connectivity index (χ2n) is 7.67. The lowest BCUT2D eigenvalue weighted by atomic mass is 9.90. The molecule has 2 aromatic rings. The average molecular weight is 477 g/mol. The second-order valence-corrected chi connectivity index (χ2v) is 9.38. The van der Waals surface area contributed by atoms with Crippen molar-refractivity contribution < 1.29 is 32.2 Å². The van der Waals surface area contributed by atoms with E-state index in [1.165, 1.54) is 31.3 Å². The van der Waals surface area contributed by atoms with Crippen molar-refractivity contribution >= 4 is 22.1 Å². The molecule has 33 heavy (non-hydrogen) atoms. The number of methoxy groups -OCH3 is 3. The lowest BCUT2D eigenvalue weighted by Crippen LogP contribution is -2.50. The highest BCUT2D eigenvalue weighted by atomic mass is 32.2. The molecule has 2 aromatic carbocycles. The normalized spacial score (nSPS) is 15.5. The molecule has 1 amide bonds. The van der Waals surface area contributed by atoms with Crippen LogP contribution in [0.1, 0.15) is 12.8 Å². The largest absolute Gasteiger partial charge is 0.497 e. The number of carbonyl (C=O) groups excluding carboxylic acids is 2. The van der Waals surface area contributed by atoms with Gasteiger partial charge in [-0.1, -0.05) is 24.3 Å². The first kappa shape index (κ1) is 24.5. The zero-order valence-electron chi connectivity index (χ0n) is 18.8. The molecule has 9 nitrogen and oxygen atoms in total. The molecule has 0 bridgehead atoms. The molecule has 1 unspecified atom stereocenters. The van der Waals surface area contributed by atoms with E-state index < -0.39 is 28.1 Å². The standard InChI is InChI=1S/C23H28N2O7S/c1-30-19-8-4-16(5-9-19)17-6-10-20(11-7-17)33(28,29)24-21(22(26)31-2)18-12-14-25(15-13-18)23(27)32-3/h4-11,18,21,24H,12-15H2,1-3H3. The maximum absolute atomic E-state index is 13.0. The maximum atomic E-state index is 13.0. The zero-order chi connectivity index (χ0) is 24.0. The zero-order valence-corrected chi connectivity index (χ0v) is 19.6. The van der Waals surface area contributed by atoms with E-state index in [2.05, 4.69) is 4.72 Å². The Labute approximate surface area is 193 Å². The summed E-state index contributed by atoms with van der Waals surface area (Å²) in [5.41, 5.74) is 1.76. The van der Waals surface area contributed by atoms with Crippen molar-refractivity contribution in [3.05, 3.63) is 48.5 Å². The van der Waals surface area contributed by atoms with Gasteiger partial charge in [-0.05, 0) is 54.2 Å². The van der Waals surface area contributed by atoms with Crippen molar-refractivity contribution in [2.75, 3.05) is 34.4 Å². The van der Waals surface area contributed by atoms with E-state index in [0.29, 0.717) is 25.9 Å². The molecule has 0 aliphatic carbocycles. The summed E-state index contributed by atoms with van der Waals surface area (Å²) in [7, 11) is 0.129. The van der Waals surface area contributed by atoms with Crippen LogP contribution in [0, 0.1) is 5.92 Å². The van der Waals surface area contributed by atoms with E-state index in [0.717, 1.165) is 16.9 Å². The highest BCUT2D eigenvalue weighted by Gasteiger charge is 2.36. The highest BCUT2D eigenvalue weighted by Crippen LogP contribution is 2.26. The number of nitrogens with zero attached hydrogens (tertiary/aromatic N) is 1. The van der Waals surface area contributed by atoms with Gasteiger partial charge in [0.25, 0.3) is 0 Å². The number of amides is 1. The summed E-state index contributed by atoms with van der Waals surface area (Å²) >= 11 is 0. The average Bonchev–Trinajstić information content (AvgIpc) is 2.86. The molecule has 0 aromatic heterocycles. The van der Waals surface area contributed by atoms with Gasteiger partial charge in [-0.3, -0.25) is 4.79 Å². The van der Waals surface area contributed by atoms with Crippen LogP contribution in [0.3, 0.4) is 0 Å². The fourth-order valence-electron chi connectivity index (χ4n) is 3.85. The van der Waals surface area contributed by atoms with Crippen LogP contribution in [0.4, 0.5) is 4.79 Å². The summed E-state index contributed by atoms with van der Waals surface area (Å²) in [6, 6.07) is 12.8. The van der Waals surface area contributed by atoms with Gasteiger partial charge in [-0.2, -0.15) is 4.72 Å². The Balaban J connectivity index is 1.74. The maximum Gasteiger partial charge on any atom is 0.409 e. The third-order valence-electron chi connectivity index (χ3n) is 5.77. The van der Waals surface area contributed by atoms with E-state index in [4.69, 9.17) is 14.2 Å². The fraction of sp³-hybridized carbons (Fsp3) is 0.391. The van der Waals surface area contributed by atoms with Crippen LogP contribution in [0.25, 0.3) is 11.1 Å². The van der Waals surface area contributed by atoms with Gasteiger partial charge in [0.1, 0.15) is 11.8 Å². The molecule has 0 spiro atoms. The number of hydrogen-bond acceptors (Lipinski definition) is 7. The van der Waals surface area contributed by atoms with E-state index >= 15 is 0 Å². The summed E-state index contributed by atoms with van der Waals surface area (Å²) < 4.78 is 43.3. The van der Waals surface area contributed by atoms with Crippen LogP contribution in [-0.2, 0) is 24.3 Å². The SMILES string of the molecule is COC(=O)C(NS(=O)(=O)c1ccc(-c2ccc(OC)cc2)cc1)C1CCN(C(=O)OC)CC1. The molecule has 1 N–H and O–H groups in total. The van der Waals surface area contributed by atoms with E-state index in [9.17, 15) is 18.0 Å². The number of nitrogens with one attached hydrogen (secondary N) is 1. The smallest absolute Gasteiger partial charge is 0.409 e. The Bertz CT molecular complexity index is 1060. The van der Waals surface area contributed by atoms with E-state index in [1.54, 1.807) is 19.2 Å². The number of likely N-dealkylation sites (tertiary alicyclic amines) is 1. The fourth-order valence-corrected chi connectivity index (χ4v) is 5.11. The van der Waals surface area contributed by atoms with Gasteiger partial charge in [0, 0.05) is 13.1 Å². The van der Waals surface area contributed by atoms with Crippen LogP contribution < -0.4 is 9.46 Å². The Kier molecular flexibility index (Phi) is 7.93. The van der Waals surface area contributed by atoms with Gasteiger partial charge in [0.05, 0.1) is 26.2 Å². The van der Waals surface area contributed by atoms with Gasteiger partial charge in [0.2, 0.25) is 10.0 Å².